The first-order valence-electron chi connectivity index (χ1n) is 7.27. The Kier molecular flexibility index (Phi) is 4.42. The highest BCUT2D eigenvalue weighted by atomic mass is 31.1. The van der Waals surface area contributed by atoms with E-state index in [9.17, 15) is 0 Å². The molecule has 0 unspecified atom stereocenters. The zero-order chi connectivity index (χ0) is 14.3. The van der Waals surface area contributed by atoms with E-state index in [4.69, 9.17) is 0 Å². The van der Waals surface area contributed by atoms with Crippen molar-refractivity contribution in [3.05, 3.63) is 24.3 Å². The Morgan fingerprint density at radius 2 is 0.950 bits per heavy atom. The number of hydrogen-bond acceptors (Lipinski definition) is 4. The summed E-state index contributed by atoms with van der Waals surface area (Å²) in [6.45, 7) is 9.18. The van der Waals surface area contributed by atoms with Crippen LogP contribution in [0, 0.1) is 0 Å². The van der Waals surface area contributed by atoms with Gasteiger partial charge in [0.15, 0.2) is 0 Å². The Morgan fingerprint density at radius 3 is 1.25 bits per heavy atom. The Morgan fingerprint density at radius 1 is 0.650 bits per heavy atom. The van der Waals surface area contributed by atoms with Crippen LogP contribution in [0.15, 0.2) is 24.3 Å². The Bertz CT molecular complexity index is 421. The standard InChI is InChI=1S/C14H24N4P2/c1-9-15-16-10(2)19(9)13-7-5-6-8-14(13)20-11(3)17-18-12(20)4/h5-12,15-18H,1-4H3/t9-,10-,11-,12-/m1/s1. The van der Waals surface area contributed by atoms with E-state index in [1.165, 1.54) is 0 Å². The van der Waals surface area contributed by atoms with Crippen molar-refractivity contribution in [3.8, 4) is 0 Å². The molecule has 110 valence electrons. The molecule has 1 aromatic rings. The van der Waals surface area contributed by atoms with Crippen LogP contribution in [-0.2, 0) is 0 Å². The van der Waals surface area contributed by atoms with E-state index in [1.807, 2.05) is 0 Å². The van der Waals surface area contributed by atoms with E-state index in [2.05, 4.69) is 73.7 Å². The van der Waals surface area contributed by atoms with Gasteiger partial charge in [0.05, 0.1) is 0 Å². The van der Waals surface area contributed by atoms with Crippen molar-refractivity contribution in [2.75, 3.05) is 0 Å². The maximum absolute atomic E-state index is 3.41. The lowest BCUT2D eigenvalue weighted by Gasteiger charge is -2.27. The summed E-state index contributed by atoms with van der Waals surface area (Å²) in [6, 6.07) is 9.09. The van der Waals surface area contributed by atoms with Gasteiger partial charge in [0, 0.05) is 23.1 Å². The highest BCUT2D eigenvalue weighted by Gasteiger charge is 2.37. The van der Waals surface area contributed by atoms with Gasteiger partial charge in [0.25, 0.3) is 0 Å². The fourth-order valence-electron chi connectivity index (χ4n) is 3.17. The molecule has 2 fully saturated rings. The van der Waals surface area contributed by atoms with Gasteiger partial charge in [-0.25, -0.2) is 21.7 Å². The predicted octanol–water partition coefficient (Wildman–Crippen LogP) is 1.50. The number of hydrogen-bond donors (Lipinski definition) is 4. The van der Waals surface area contributed by atoms with Gasteiger partial charge in [-0.1, -0.05) is 24.3 Å². The van der Waals surface area contributed by atoms with Crippen LogP contribution < -0.4 is 32.3 Å². The molecule has 2 aliphatic rings. The van der Waals surface area contributed by atoms with Crippen molar-refractivity contribution >= 4 is 26.5 Å². The van der Waals surface area contributed by atoms with Crippen LogP contribution in [0.1, 0.15) is 27.7 Å². The Hall–Kier alpha value is -0.0800. The molecule has 0 spiro atoms. The maximum atomic E-state index is 3.41. The first-order valence-corrected chi connectivity index (χ1v) is 10.2. The molecule has 0 saturated carbocycles. The molecule has 6 heteroatoms. The summed E-state index contributed by atoms with van der Waals surface area (Å²) in [5.41, 5.74) is 13.7. The van der Waals surface area contributed by atoms with Crippen molar-refractivity contribution in [2.45, 2.75) is 50.8 Å². The van der Waals surface area contributed by atoms with Gasteiger partial charge in [-0.15, -0.1) is 0 Å². The summed E-state index contributed by atoms with van der Waals surface area (Å²) in [5, 5.41) is 3.16. The van der Waals surface area contributed by atoms with Crippen LogP contribution in [0.25, 0.3) is 0 Å². The van der Waals surface area contributed by atoms with Crippen LogP contribution in [0.5, 0.6) is 0 Å². The van der Waals surface area contributed by atoms with E-state index in [1.54, 1.807) is 10.6 Å². The topological polar surface area (TPSA) is 48.1 Å². The molecule has 0 radical (unpaired) electrons. The van der Waals surface area contributed by atoms with Crippen molar-refractivity contribution in [1.82, 2.24) is 21.7 Å². The highest BCUT2D eigenvalue weighted by molar-refractivity contribution is 7.73. The summed E-state index contributed by atoms with van der Waals surface area (Å²) >= 11 is 0. The Labute approximate surface area is 123 Å². The lowest BCUT2D eigenvalue weighted by Crippen LogP contribution is -2.30. The lowest BCUT2D eigenvalue weighted by molar-refractivity contribution is 0.567. The summed E-state index contributed by atoms with van der Waals surface area (Å²) in [5.74, 6) is 2.13. The minimum Gasteiger partial charge on any atom is -0.250 e. The smallest absolute Gasteiger partial charge is 0.0438 e. The SMILES string of the molecule is C[C@@H]1NN[C@@H](C)P1c1ccccc1P1[C@H](C)NN[C@H]1C. The molecule has 4 atom stereocenters. The molecule has 0 bridgehead atoms. The third-order valence-electron chi connectivity index (χ3n) is 4.11. The third kappa shape index (κ3) is 2.54. The zero-order valence-electron chi connectivity index (χ0n) is 12.5. The van der Waals surface area contributed by atoms with Crippen LogP contribution in [0.4, 0.5) is 0 Å². The quantitative estimate of drug-likeness (QED) is 0.625. The number of nitrogens with one attached hydrogen (secondary N) is 4. The fraction of sp³-hybridized carbons (Fsp3) is 0.571. The average Bonchev–Trinajstić information content (AvgIpc) is 2.93. The Balaban J connectivity index is 2.00. The molecule has 0 aromatic heterocycles. The van der Waals surface area contributed by atoms with Crippen LogP contribution in [-0.4, -0.2) is 23.1 Å². The predicted molar refractivity (Wildman–Crippen MR) is 89.9 cm³/mol. The first-order chi connectivity index (χ1) is 9.59. The van der Waals surface area contributed by atoms with Crippen molar-refractivity contribution in [1.29, 1.82) is 0 Å². The minimum atomic E-state index is -0.199. The first kappa shape index (κ1) is 14.8. The van der Waals surface area contributed by atoms with Crippen LogP contribution >= 0.6 is 15.8 Å². The van der Waals surface area contributed by atoms with E-state index in [-0.39, 0.29) is 15.8 Å². The molecule has 1 aromatic carbocycles. The van der Waals surface area contributed by atoms with Gasteiger partial charge in [-0.3, -0.25) is 0 Å². The van der Waals surface area contributed by atoms with Crippen molar-refractivity contribution in [2.24, 2.45) is 0 Å². The second-order valence-electron chi connectivity index (χ2n) is 5.58. The van der Waals surface area contributed by atoms with Gasteiger partial charge in [0.2, 0.25) is 0 Å². The van der Waals surface area contributed by atoms with Crippen molar-refractivity contribution < 1.29 is 0 Å². The largest absolute Gasteiger partial charge is 0.250 e. The van der Waals surface area contributed by atoms with Crippen LogP contribution in [0.2, 0.25) is 0 Å². The van der Waals surface area contributed by atoms with Gasteiger partial charge < -0.3 is 0 Å². The summed E-state index contributed by atoms with van der Waals surface area (Å²) in [7, 11) is -0.398. The van der Waals surface area contributed by atoms with Crippen LogP contribution in [0.3, 0.4) is 0 Å². The third-order valence-corrected chi connectivity index (χ3v) is 10.0. The molecule has 2 saturated heterocycles. The molecule has 0 amide bonds. The van der Waals surface area contributed by atoms with Gasteiger partial charge in [-0.2, -0.15) is 0 Å². The monoisotopic (exact) mass is 310 g/mol. The maximum Gasteiger partial charge on any atom is 0.0438 e. The molecular weight excluding hydrogens is 286 g/mol. The molecule has 20 heavy (non-hydrogen) atoms. The van der Waals surface area contributed by atoms with Gasteiger partial charge in [-0.05, 0) is 54.1 Å². The van der Waals surface area contributed by atoms with Gasteiger partial charge in [0.1, 0.15) is 0 Å². The summed E-state index contributed by atoms with van der Waals surface area (Å²) in [6.07, 6.45) is 0. The molecular formula is C14H24N4P2. The molecule has 4 N–H and O–H groups in total. The number of hydrazine groups is 2. The minimum absolute atomic E-state index is 0.199. The lowest BCUT2D eigenvalue weighted by atomic mass is 10.4. The average molecular weight is 310 g/mol. The van der Waals surface area contributed by atoms with E-state index in [0.717, 1.165) is 0 Å². The van der Waals surface area contributed by atoms with Crippen molar-refractivity contribution in [3.63, 3.8) is 0 Å². The van der Waals surface area contributed by atoms with E-state index in [0.29, 0.717) is 23.1 Å². The normalized spacial score (nSPS) is 35.8. The number of benzene rings is 1. The van der Waals surface area contributed by atoms with E-state index < -0.39 is 0 Å². The highest BCUT2D eigenvalue weighted by Crippen LogP contribution is 2.51. The number of rotatable bonds is 2. The zero-order valence-corrected chi connectivity index (χ0v) is 14.3. The summed E-state index contributed by atoms with van der Waals surface area (Å²) in [4.78, 5) is 0. The van der Waals surface area contributed by atoms with E-state index >= 15 is 0 Å². The second kappa shape index (κ2) is 5.96. The molecule has 2 aliphatic heterocycles. The molecule has 3 rings (SSSR count). The summed E-state index contributed by atoms with van der Waals surface area (Å²) < 4.78 is 0. The second-order valence-corrected chi connectivity index (χ2v) is 11.3. The fourth-order valence-corrected chi connectivity index (χ4v) is 8.92. The van der Waals surface area contributed by atoms with Gasteiger partial charge >= 0.3 is 0 Å². The molecule has 4 nitrogen and oxygen atoms in total. The molecule has 2 heterocycles. The molecule has 0 aliphatic carbocycles.